The predicted octanol–water partition coefficient (Wildman–Crippen LogP) is 1.99. The lowest BCUT2D eigenvalue weighted by molar-refractivity contribution is 0.724. The maximum absolute atomic E-state index is 5.38. The van der Waals surface area contributed by atoms with Crippen molar-refractivity contribution in [2.24, 2.45) is 0 Å². The van der Waals surface area contributed by atoms with Crippen LogP contribution in [0.1, 0.15) is 5.69 Å². The average molecular weight is 198 g/mol. The van der Waals surface area contributed by atoms with E-state index in [4.69, 9.17) is 6.42 Å². The van der Waals surface area contributed by atoms with Crippen LogP contribution in [0, 0.1) is 12.3 Å². The normalized spacial score (nSPS) is 10.4. The van der Waals surface area contributed by atoms with Gasteiger partial charge in [0.15, 0.2) is 0 Å². The van der Waals surface area contributed by atoms with E-state index >= 15 is 0 Å². The Labute approximate surface area is 89.9 Å². The van der Waals surface area contributed by atoms with E-state index in [1.54, 1.807) is 0 Å². The first kappa shape index (κ1) is 9.82. The molecule has 0 spiro atoms. The van der Waals surface area contributed by atoms with E-state index in [1.807, 2.05) is 19.2 Å². The molecule has 1 heterocycles. The highest BCUT2D eigenvalue weighted by atomic mass is 15.0. The van der Waals surface area contributed by atoms with Crippen molar-refractivity contribution in [3.05, 3.63) is 36.0 Å². The molecule has 0 amide bonds. The fourth-order valence-electron chi connectivity index (χ4n) is 1.87. The monoisotopic (exact) mass is 198 g/mol. The standard InChI is InChI=1S/C13H14N2/c1-3-8-15-12(10-14-2)9-11-6-4-5-7-13(11)15/h1,4-7,9,14H,8,10H2,2H3. The number of benzene rings is 1. The van der Waals surface area contributed by atoms with Crippen molar-refractivity contribution in [3.63, 3.8) is 0 Å². The van der Waals surface area contributed by atoms with Crippen molar-refractivity contribution in [2.75, 3.05) is 7.05 Å². The zero-order valence-electron chi connectivity index (χ0n) is 8.83. The number of nitrogens with one attached hydrogen (secondary N) is 1. The first-order valence-electron chi connectivity index (χ1n) is 5.02. The molecule has 0 unspecified atom stereocenters. The lowest BCUT2D eigenvalue weighted by atomic mass is 10.2. The third kappa shape index (κ3) is 1.74. The van der Waals surface area contributed by atoms with Crippen LogP contribution in [0.15, 0.2) is 30.3 Å². The molecular weight excluding hydrogens is 184 g/mol. The number of terminal acetylenes is 1. The average Bonchev–Trinajstić information content (AvgIpc) is 2.59. The quantitative estimate of drug-likeness (QED) is 0.746. The number of aromatic nitrogens is 1. The van der Waals surface area contributed by atoms with Gasteiger partial charge in [0.1, 0.15) is 0 Å². The highest BCUT2D eigenvalue weighted by Crippen LogP contribution is 2.19. The summed E-state index contributed by atoms with van der Waals surface area (Å²) in [6.07, 6.45) is 5.38. The highest BCUT2D eigenvalue weighted by Gasteiger charge is 2.05. The topological polar surface area (TPSA) is 17.0 Å². The molecule has 1 aromatic heterocycles. The second-order valence-electron chi connectivity index (χ2n) is 3.52. The van der Waals surface area contributed by atoms with E-state index in [0.717, 1.165) is 6.54 Å². The minimum absolute atomic E-state index is 0.629. The van der Waals surface area contributed by atoms with Crippen LogP contribution in [0.4, 0.5) is 0 Å². The summed E-state index contributed by atoms with van der Waals surface area (Å²) in [6, 6.07) is 10.5. The van der Waals surface area contributed by atoms with Gasteiger partial charge in [0.05, 0.1) is 6.54 Å². The SMILES string of the molecule is C#CCn1c(CNC)cc2ccccc21. The van der Waals surface area contributed by atoms with Crippen molar-refractivity contribution in [1.82, 2.24) is 9.88 Å². The maximum Gasteiger partial charge on any atom is 0.0838 e. The van der Waals surface area contributed by atoms with Crippen LogP contribution >= 0.6 is 0 Å². The summed E-state index contributed by atoms with van der Waals surface area (Å²) in [7, 11) is 1.94. The molecule has 0 atom stereocenters. The van der Waals surface area contributed by atoms with Crippen LogP contribution in [-0.4, -0.2) is 11.6 Å². The molecule has 0 aliphatic heterocycles. The van der Waals surface area contributed by atoms with Crippen molar-refractivity contribution >= 4 is 10.9 Å². The van der Waals surface area contributed by atoms with Gasteiger partial charge in [-0.1, -0.05) is 24.1 Å². The van der Waals surface area contributed by atoms with Crippen molar-refractivity contribution in [1.29, 1.82) is 0 Å². The van der Waals surface area contributed by atoms with E-state index in [2.05, 4.69) is 34.0 Å². The number of hydrogen-bond donors (Lipinski definition) is 1. The summed E-state index contributed by atoms with van der Waals surface area (Å²) in [5.74, 6) is 2.70. The van der Waals surface area contributed by atoms with E-state index in [-0.39, 0.29) is 0 Å². The minimum atomic E-state index is 0.629. The Bertz CT molecular complexity index is 503. The Morgan fingerprint density at radius 1 is 1.40 bits per heavy atom. The molecule has 2 heteroatoms. The molecule has 1 N–H and O–H groups in total. The van der Waals surface area contributed by atoms with Crippen LogP contribution in [-0.2, 0) is 13.1 Å². The number of nitrogens with zero attached hydrogens (tertiary/aromatic N) is 1. The molecular formula is C13H14N2. The maximum atomic E-state index is 5.38. The minimum Gasteiger partial charge on any atom is -0.332 e. The summed E-state index contributed by atoms with van der Waals surface area (Å²) in [5.41, 5.74) is 2.44. The van der Waals surface area contributed by atoms with Crippen LogP contribution in [0.25, 0.3) is 10.9 Å². The Morgan fingerprint density at radius 3 is 2.93 bits per heavy atom. The zero-order valence-corrected chi connectivity index (χ0v) is 8.83. The number of hydrogen-bond acceptors (Lipinski definition) is 1. The first-order valence-corrected chi connectivity index (χ1v) is 5.02. The van der Waals surface area contributed by atoms with E-state index in [9.17, 15) is 0 Å². The smallest absolute Gasteiger partial charge is 0.0838 e. The molecule has 76 valence electrons. The summed E-state index contributed by atoms with van der Waals surface area (Å²) >= 11 is 0. The Morgan fingerprint density at radius 2 is 2.20 bits per heavy atom. The van der Waals surface area contributed by atoms with Crippen LogP contribution in [0.2, 0.25) is 0 Å². The van der Waals surface area contributed by atoms with Crippen LogP contribution in [0.3, 0.4) is 0 Å². The molecule has 2 rings (SSSR count). The highest BCUT2D eigenvalue weighted by molar-refractivity contribution is 5.81. The fourth-order valence-corrected chi connectivity index (χ4v) is 1.87. The number of fused-ring (bicyclic) bond motifs is 1. The van der Waals surface area contributed by atoms with Crippen LogP contribution < -0.4 is 5.32 Å². The molecule has 0 aliphatic rings. The van der Waals surface area contributed by atoms with Gasteiger partial charge >= 0.3 is 0 Å². The molecule has 1 aromatic carbocycles. The summed E-state index contributed by atoms with van der Waals surface area (Å²) < 4.78 is 2.17. The molecule has 0 fully saturated rings. The number of rotatable bonds is 3. The molecule has 0 bridgehead atoms. The van der Waals surface area contributed by atoms with Gasteiger partial charge in [-0.2, -0.15) is 0 Å². The summed E-state index contributed by atoms with van der Waals surface area (Å²) in [6.45, 7) is 1.47. The van der Waals surface area contributed by atoms with Crippen molar-refractivity contribution in [3.8, 4) is 12.3 Å². The lowest BCUT2D eigenvalue weighted by Gasteiger charge is -2.06. The predicted molar refractivity (Wildman–Crippen MR) is 63.5 cm³/mol. The Hall–Kier alpha value is -1.72. The van der Waals surface area contributed by atoms with Gasteiger partial charge in [0, 0.05) is 17.8 Å². The molecule has 2 aromatic rings. The van der Waals surface area contributed by atoms with Gasteiger partial charge < -0.3 is 9.88 Å². The fraction of sp³-hybridized carbons (Fsp3) is 0.231. The second kappa shape index (κ2) is 4.20. The molecule has 15 heavy (non-hydrogen) atoms. The Balaban J connectivity index is 2.59. The molecule has 0 saturated carbocycles. The van der Waals surface area contributed by atoms with E-state index in [0.29, 0.717) is 6.54 Å². The van der Waals surface area contributed by atoms with Gasteiger partial charge in [-0.15, -0.1) is 6.42 Å². The van der Waals surface area contributed by atoms with Crippen molar-refractivity contribution in [2.45, 2.75) is 13.1 Å². The molecule has 0 aliphatic carbocycles. The second-order valence-corrected chi connectivity index (χ2v) is 3.52. The zero-order chi connectivity index (χ0) is 10.7. The summed E-state index contributed by atoms with van der Waals surface area (Å²) in [5, 5.41) is 4.40. The number of para-hydroxylation sites is 1. The van der Waals surface area contributed by atoms with Crippen LogP contribution in [0.5, 0.6) is 0 Å². The third-order valence-electron chi connectivity index (χ3n) is 2.50. The van der Waals surface area contributed by atoms with Gasteiger partial charge in [-0.3, -0.25) is 0 Å². The van der Waals surface area contributed by atoms with Gasteiger partial charge in [-0.05, 0) is 24.6 Å². The van der Waals surface area contributed by atoms with Gasteiger partial charge in [-0.25, -0.2) is 0 Å². The van der Waals surface area contributed by atoms with E-state index in [1.165, 1.54) is 16.6 Å². The summed E-state index contributed by atoms with van der Waals surface area (Å²) in [4.78, 5) is 0. The van der Waals surface area contributed by atoms with Gasteiger partial charge in [0.25, 0.3) is 0 Å². The molecule has 0 saturated heterocycles. The molecule has 2 nitrogen and oxygen atoms in total. The Kier molecular flexibility index (Phi) is 2.75. The third-order valence-corrected chi connectivity index (χ3v) is 2.50. The first-order chi connectivity index (χ1) is 7.36. The molecule has 0 radical (unpaired) electrons. The van der Waals surface area contributed by atoms with Crippen molar-refractivity contribution < 1.29 is 0 Å². The largest absolute Gasteiger partial charge is 0.332 e. The lowest BCUT2D eigenvalue weighted by Crippen LogP contribution is -2.10. The van der Waals surface area contributed by atoms with E-state index < -0.39 is 0 Å². The van der Waals surface area contributed by atoms with Gasteiger partial charge in [0.2, 0.25) is 0 Å².